The molecule has 3 aliphatic rings. The number of halogens is 1. The highest BCUT2D eigenvalue weighted by atomic mass is 35.5. The van der Waals surface area contributed by atoms with Crippen molar-refractivity contribution in [2.75, 3.05) is 0 Å². The van der Waals surface area contributed by atoms with Crippen LogP contribution in [0.3, 0.4) is 0 Å². The summed E-state index contributed by atoms with van der Waals surface area (Å²) in [5, 5.41) is 2.58. The molecule has 0 spiro atoms. The zero-order chi connectivity index (χ0) is 24.1. The molecule has 3 aromatic carbocycles. The van der Waals surface area contributed by atoms with E-state index in [1.165, 1.54) is 21.9 Å². The molecule has 0 radical (unpaired) electrons. The number of aromatic nitrogens is 3. The van der Waals surface area contributed by atoms with E-state index in [0.29, 0.717) is 11.6 Å². The fraction of sp³-hybridized carbons (Fsp3) is 0.129. The molecule has 2 aliphatic carbocycles. The maximum Gasteiger partial charge on any atom is 0.226 e. The lowest BCUT2D eigenvalue weighted by atomic mass is 9.77. The van der Waals surface area contributed by atoms with Gasteiger partial charge in [0.2, 0.25) is 5.28 Å². The van der Waals surface area contributed by atoms with E-state index in [2.05, 4.69) is 70.7 Å². The van der Waals surface area contributed by atoms with Crippen molar-refractivity contribution in [2.45, 2.75) is 24.9 Å². The Kier molecular flexibility index (Phi) is 5.07. The van der Waals surface area contributed by atoms with Gasteiger partial charge in [-0.15, -0.1) is 0 Å². The van der Waals surface area contributed by atoms with Gasteiger partial charge < -0.3 is 4.74 Å². The number of hydrogen-bond donors (Lipinski definition) is 0. The second-order valence-corrected chi connectivity index (χ2v) is 9.56. The van der Waals surface area contributed by atoms with Crippen molar-refractivity contribution < 1.29 is 4.74 Å². The fourth-order valence-corrected chi connectivity index (χ4v) is 5.81. The van der Waals surface area contributed by atoms with E-state index in [0.717, 1.165) is 34.9 Å². The molecule has 2 atom stereocenters. The Morgan fingerprint density at radius 2 is 1.42 bits per heavy atom. The van der Waals surface area contributed by atoms with Crippen molar-refractivity contribution in [1.29, 1.82) is 0 Å². The van der Waals surface area contributed by atoms with Crippen LogP contribution in [0, 0.1) is 0 Å². The average molecular weight is 488 g/mol. The van der Waals surface area contributed by atoms with Crippen LogP contribution in [-0.2, 0) is 0 Å². The van der Waals surface area contributed by atoms with E-state index in [4.69, 9.17) is 21.3 Å². The monoisotopic (exact) mass is 487 g/mol. The number of rotatable bonds is 3. The minimum Gasteiger partial charge on any atom is -0.485 e. The Bertz CT molecular complexity index is 1690. The van der Waals surface area contributed by atoms with Crippen LogP contribution in [0.2, 0.25) is 5.28 Å². The quantitative estimate of drug-likeness (QED) is 0.389. The van der Waals surface area contributed by atoms with Crippen molar-refractivity contribution in [3.8, 4) is 17.1 Å². The van der Waals surface area contributed by atoms with Gasteiger partial charge in [-0.1, -0.05) is 84.9 Å². The topological polar surface area (TPSA) is 47.9 Å². The van der Waals surface area contributed by atoms with E-state index in [9.17, 15) is 0 Å². The molecule has 5 heteroatoms. The predicted octanol–water partition coefficient (Wildman–Crippen LogP) is 5.38. The Balaban J connectivity index is 1.42. The molecular weight excluding hydrogens is 466 g/mol. The van der Waals surface area contributed by atoms with Crippen molar-refractivity contribution in [2.24, 2.45) is 0 Å². The number of benzene rings is 3. The number of nitrogens with zero attached hydrogens (tertiary/aromatic N) is 3. The van der Waals surface area contributed by atoms with Crippen LogP contribution < -0.4 is 15.2 Å². The summed E-state index contributed by atoms with van der Waals surface area (Å²) in [4.78, 5) is 13.8. The average Bonchev–Trinajstić information content (AvgIpc) is 3.32. The fourth-order valence-electron chi connectivity index (χ4n) is 5.65. The molecule has 4 nitrogen and oxygen atoms in total. The third-order valence-corrected chi connectivity index (χ3v) is 7.39. The highest BCUT2D eigenvalue weighted by Crippen LogP contribution is 2.47. The lowest BCUT2D eigenvalue weighted by Crippen LogP contribution is -2.35. The molecule has 36 heavy (non-hydrogen) atoms. The van der Waals surface area contributed by atoms with E-state index in [-0.39, 0.29) is 17.3 Å². The smallest absolute Gasteiger partial charge is 0.226 e. The van der Waals surface area contributed by atoms with Gasteiger partial charge in [-0.3, -0.25) is 0 Å². The molecular formula is C31H22ClN3O. The Hall–Kier alpha value is -4.02. The lowest BCUT2D eigenvalue weighted by Gasteiger charge is -2.27. The molecule has 2 unspecified atom stereocenters. The van der Waals surface area contributed by atoms with Gasteiger partial charge in [0.25, 0.3) is 0 Å². The first-order chi connectivity index (χ1) is 17.8. The van der Waals surface area contributed by atoms with Gasteiger partial charge in [-0.25, -0.2) is 4.98 Å². The van der Waals surface area contributed by atoms with Gasteiger partial charge in [0, 0.05) is 16.7 Å². The summed E-state index contributed by atoms with van der Waals surface area (Å²) in [5.41, 5.74) is 5.97. The van der Waals surface area contributed by atoms with E-state index in [1.807, 2.05) is 36.4 Å². The number of para-hydroxylation sites is 1. The maximum absolute atomic E-state index is 6.39. The van der Waals surface area contributed by atoms with Gasteiger partial charge >= 0.3 is 0 Å². The first-order valence-electron chi connectivity index (χ1n) is 12.2. The lowest BCUT2D eigenvalue weighted by molar-refractivity contribution is 0.266. The van der Waals surface area contributed by atoms with Crippen LogP contribution >= 0.6 is 11.6 Å². The first kappa shape index (κ1) is 21.3. The molecule has 0 amide bonds. The van der Waals surface area contributed by atoms with Crippen LogP contribution in [0.25, 0.3) is 22.5 Å². The molecule has 7 rings (SSSR count). The molecule has 4 aromatic rings. The third kappa shape index (κ3) is 3.49. The molecule has 2 heterocycles. The van der Waals surface area contributed by atoms with E-state index in [1.54, 1.807) is 0 Å². The molecule has 0 fully saturated rings. The summed E-state index contributed by atoms with van der Waals surface area (Å²) in [5.74, 6) is 2.42. The maximum atomic E-state index is 6.39. The van der Waals surface area contributed by atoms with E-state index < -0.39 is 0 Å². The second-order valence-electron chi connectivity index (χ2n) is 9.23. The van der Waals surface area contributed by atoms with Crippen LogP contribution in [0.5, 0.6) is 5.75 Å². The Morgan fingerprint density at radius 3 is 2.28 bits per heavy atom. The summed E-state index contributed by atoms with van der Waals surface area (Å²) in [6, 6.07) is 26.9. The van der Waals surface area contributed by atoms with E-state index >= 15 is 0 Å². The summed E-state index contributed by atoms with van der Waals surface area (Å²) in [6.45, 7) is 0. The summed E-state index contributed by atoms with van der Waals surface area (Å²) >= 11 is 6.39. The first-order valence-corrected chi connectivity index (χ1v) is 12.6. The molecule has 0 saturated carbocycles. The van der Waals surface area contributed by atoms with Gasteiger partial charge in [0.1, 0.15) is 11.9 Å². The SMILES string of the molecule is Clc1nc(C2=c3ccccc3=C(C3=CC=CC4Oc5ccccc5C34)CC2)nc(-c2ccccc2)n1. The summed E-state index contributed by atoms with van der Waals surface area (Å²) < 4.78 is 6.29. The zero-order valence-electron chi connectivity index (χ0n) is 19.4. The molecule has 174 valence electrons. The standard InChI is InChI=1S/C31H22ClN3O/c32-31-34-29(19-9-2-1-3-10-19)33-30(35-31)24-18-17-22(20-11-4-5-12-21(20)24)23-14-8-16-27-28(23)25-13-6-7-15-26(25)36-27/h1-16,27-28H,17-18H2. The number of fused-ring (bicyclic) bond motifs is 4. The largest absolute Gasteiger partial charge is 0.485 e. The van der Waals surface area contributed by atoms with Crippen LogP contribution in [0.1, 0.15) is 30.1 Å². The highest BCUT2D eigenvalue weighted by Gasteiger charge is 2.38. The van der Waals surface area contributed by atoms with Crippen LogP contribution in [0.15, 0.2) is 103 Å². The van der Waals surface area contributed by atoms with Gasteiger partial charge in [0.15, 0.2) is 11.6 Å². The van der Waals surface area contributed by atoms with Crippen LogP contribution in [-0.4, -0.2) is 21.1 Å². The van der Waals surface area contributed by atoms with Crippen LogP contribution in [0.4, 0.5) is 0 Å². The number of ether oxygens (including phenoxy) is 1. The van der Waals surface area contributed by atoms with Crippen molar-refractivity contribution >= 4 is 22.7 Å². The van der Waals surface area contributed by atoms with Crippen molar-refractivity contribution in [3.05, 3.63) is 130 Å². The van der Waals surface area contributed by atoms with Crippen molar-refractivity contribution in [1.82, 2.24) is 15.0 Å². The van der Waals surface area contributed by atoms with Gasteiger partial charge in [-0.05, 0) is 58.2 Å². The number of hydrogen-bond acceptors (Lipinski definition) is 4. The molecule has 1 aromatic heterocycles. The van der Waals surface area contributed by atoms with Gasteiger partial charge in [-0.2, -0.15) is 9.97 Å². The minimum atomic E-state index is 0.0307. The molecule has 0 N–H and O–H groups in total. The highest BCUT2D eigenvalue weighted by molar-refractivity contribution is 6.28. The third-order valence-electron chi connectivity index (χ3n) is 7.22. The number of allylic oxidation sites excluding steroid dienone is 2. The van der Waals surface area contributed by atoms with Crippen molar-refractivity contribution in [3.63, 3.8) is 0 Å². The Morgan fingerprint density at radius 1 is 0.722 bits per heavy atom. The molecule has 1 aliphatic heterocycles. The normalized spacial score (nSPS) is 19.8. The summed E-state index contributed by atoms with van der Waals surface area (Å²) in [7, 11) is 0. The molecule has 0 bridgehead atoms. The predicted molar refractivity (Wildman–Crippen MR) is 142 cm³/mol. The summed E-state index contributed by atoms with van der Waals surface area (Å²) in [6.07, 6.45) is 8.30. The zero-order valence-corrected chi connectivity index (χ0v) is 20.2. The minimum absolute atomic E-state index is 0.0307. The molecule has 0 saturated heterocycles. The Labute approximate surface area is 214 Å². The van der Waals surface area contributed by atoms with Gasteiger partial charge in [0.05, 0.1) is 5.92 Å². The second kappa shape index (κ2) is 8.58.